The van der Waals surface area contributed by atoms with Crippen LogP contribution in [0, 0.1) is 11.8 Å². The third kappa shape index (κ3) is 6.23. The minimum absolute atomic E-state index is 0.344. The Labute approximate surface area is 130 Å². The van der Waals surface area contributed by atoms with E-state index in [9.17, 15) is 5.11 Å². The fourth-order valence-electron chi connectivity index (χ4n) is 3.73. The summed E-state index contributed by atoms with van der Waals surface area (Å²) in [6.07, 6.45) is 7.74. The average molecular weight is 298 g/mol. The van der Waals surface area contributed by atoms with Crippen molar-refractivity contribution >= 4 is 0 Å². The molecule has 124 valence electrons. The van der Waals surface area contributed by atoms with Crippen molar-refractivity contribution in [3.8, 4) is 0 Å². The number of piperidine rings is 1. The number of aliphatic hydroxyl groups excluding tert-OH is 1. The van der Waals surface area contributed by atoms with E-state index in [0.717, 1.165) is 31.5 Å². The van der Waals surface area contributed by atoms with Gasteiger partial charge in [-0.3, -0.25) is 0 Å². The number of ether oxygens (including phenoxy) is 1. The molecule has 1 aliphatic carbocycles. The van der Waals surface area contributed by atoms with Crippen LogP contribution in [0.25, 0.3) is 0 Å². The van der Waals surface area contributed by atoms with E-state index in [2.05, 4.69) is 17.1 Å². The summed E-state index contributed by atoms with van der Waals surface area (Å²) in [4.78, 5) is 2.37. The van der Waals surface area contributed by atoms with E-state index in [1.807, 2.05) is 0 Å². The van der Waals surface area contributed by atoms with Gasteiger partial charge in [-0.1, -0.05) is 19.8 Å². The summed E-state index contributed by atoms with van der Waals surface area (Å²) in [6, 6.07) is 0.681. The Bertz CT molecular complexity index is 272. The maximum atomic E-state index is 9.78. The number of rotatable bonds is 7. The lowest BCUT2D eigenvalue weighted by molar-refractivity contribution is 0.0309. The molecule has 2 rings (SSSR count). The Morgan fingerprint density at radius 1 is 1.14 bits per heavy atom. The molecule has 0 aromatic heterocycles. The molecule has 2 fully saturated rings. The number of hydrogen-bond acceptors (Lipinski definition) is 4. The van der Waals surface area contributed by atoms with Crippen LogP contribution in [0.3, 0.4) is 0 Å². The van der Waals surface area contributed by atoms with Gasteiger partial charge in [0.15, 0.2) is 0 Å². The molecule has 1 atom stereocenters. The summed E-state index contributed by atoms with van der Waals surface area (Å²) in [5, 5.41) is 13.6. The summed E-state index contributed by atoms with van der Waals surface area (Å²) in [5.41, 5.74) is 0. The molecule has 1 saturated carbocycles. The zero-order chi connectivity index (χ0) is 15.1. The normalized spacial score (nSPS) is 30.4. The monoisotopic (exact) mass is 298 g/mol. The smallest absolute Gasteiger partial charge is 0.0900 e. The van der Waals surface area contributed by atoms with E-state index in [4.69, 9.17) is 4.74 Å². The molecular formula is C17H34N2O2. The highest BCUT2D eigenvalue weighted by Crippen LogP contribution is 2.28. The minimum atomic E-state index is -0.344. The lowest BCUT2D eigenvalue weighted by Crippen LogP contribution is -2.46. The SMILES string of the molecule is COCC(O)CN1CCC(NCC2CCC(C)CC2)CC1. The third-order valence-electron chi connectivity index (χ3n) is 5.25. The van der Waals surface area contributed by atoms with Gasteiger partial charge in [0.2, 0.25) is 0 Å². The van der Waals surface area contributed by atoms with Crippen molar-refractivity contribution in [1.82, 2.24) is 10.2 Å². The van der Waals surface area contributed by atoms with Gasteiger partial charge < -0.3 is 20.1 Å². The van der Waals surface area contributed by atoms with Gasteiger partial charge in [0.05, 0.1) is 12.7 Å². The number of likely N-dealkylation sites (tertiary alicyclic amines) is 1. The standard InChI is InChI=1S/C17H34N2O2/c1-14-3-5-15(6-4-14)11-18-16-7-9-19(10-8-16)12-17(20)13-21-2/h14-18,20H,3-13H2,1-2H3. The first-order valence-corrected chi connectivity index (χ1v) is 8.80. The zero-order valence-electron chi connectivity index (χ0n) is 13.9. The highest BCUT2D eigenvalue weighted by Gasteiger charge is 2.23. The highest BCUT2D eigenvalue weighted by atomic mass is 16.5. The predicted molar refractivity (Wildman–Crippen MR) is 86.5 cm³/mol. The average Bonchev–Trinajstić information content (AvgIpc) is 2.48. The Morgan fingerprint density at radius 3 is 2.43 bits per heavy atom. The van der Waals surface area contributed by atoms with Crippen LogP contribution in [0.5, 0.6) is 0 Å². The Morgan fingerprint density at radius 2 is 1.81 bits per heavy atom. The third-order valence-corrected chi connectivity index (χ3v) is 5.25. The lowest BCUT2D eigenvalue weighted by Gasteiger charge is -2.35. The van der Waals surface area contributed by atoms with E-state index < -0.39 is 0 Å². The molecule has 21 heavy (non-hydrogen) atoms. The molecule has 2 N–H and O–H groups in total. The van der Waals surface area contributed by atoms with Gasteiger partial charge in [0.25, 0.3) is 0 Å². The summed E-state index contributed by atoms with van der Waals surface area (Å²) in [5.74, 6) is 1.85. The van der Waals surface area contributed by atoms with Gasteiger partial charge >= 0.3 is 0 Å². The number of aliphatic hydroxyl groups is 1. The Kier molecular flexibility index (Phi) is 7.44. The Balaban J connectivity index is 1.56. The molecular weight excluding hydrogens is 264 g/mol. The van der Waals surface area contributed by atoms with Crippen molar-refractivity contribution in [2.75, 3.05) is 39.9 Å². The second kappa shape index (κ2) is 9.09. The van der Waals surface area contributed by atoms with E-state index in [1.165, 1.54) is 45.1 Å². The molecule has 2 aliphatic rings. The van der Waals surface area contributed by atoms with E-state index in [1.54, 1.807) is 7.11 Å². The van der Waals surface area contributed by atoms with Crippen LogP contribution in [0.4, 0.5) is 0 Å². The van der Waals surface area contributed by atoms with Gasteiger partial charge in [-0.25, -0.2) is 0 Å². The largest absolute Gasteiger partial charge is 0.389 e. The molecule has 4 heteroatoms. The number of methoxy groups -OCH3 is 1. The first-order valence-electron chi connectivity index (χ1n) is 8.80. The van der Waals surface area contributed by atoms with Gasteiger partial charge in [-0.05, 0) is 57.2 Å². The Hall–Kier alpha value is -0.160. The molecule has 1 saturated heterocycles. The van der Waals surface area contributed by atoms with Gasteiger partial charge in [0, 0.05) is 19.7 Å². The van der Waals surface area contributed by atoms with Crippen molar-refractivity contribution in [3.05, 3.63) is 0 Å². The number of hydrogen-bond donors (Lipinski definition) is 2. The van der Waals surface area contributed by atoms with E-state index in [-0.39, 0.29) is 6.10 Å². The van der Waals surface area contributed by atoms with Crippen molar-refractivity contribution in [3.63, 3.8) is 0 Å². The minimum Gasteiger partial charge on any atom is -0.389 e. The molecule has 4 nitrogen and oxygen atoms in total. The van der Waals surface area contributed by atoms with Gasteiger partial charge in [-0.15, -0.1) is 0 Å². The first-order chi connectivity index (χ1) is 10.2. The van der Waals surface area contributed by atoms with E-state index >= 15 is 0 Å². The second-order valence-corrected chi connectivity index (χ2v) is 7.22. The molecule has 1 aliphatic heterocycles. The van der Waals surface area contributed by atoms with Crippen LogP contribution >= 0.6 is 0 Å². The number of β-amino-alcohol motifs (C(OH)–C–C–N with tert-alkyl or cyclic N) is 1. The topological polar surface area (TPSA) is 44.7 Å². The van der Waals surface area contributed by atoms with Crippen molar-refractivity contribution < 1.29 is 9.84 Å². The molecule has 1 unspecified atom stereocenters. The van der Waals surface area contributed by atoms with Crippen LogP contribution in [-0.4, -0.2) is 62.0 Å². The summed E-state index contributed by atoms with van der Waals surface area (Å²) < 4.78 is 4.99. The molecule has 1 heterocycles. The van der Waals surface area contributed by atoms with Crippen LogP contribution in [0.15, 0.2) is 0 Å². The number of nitrogens with one attached hydrogen (secondary N) is 1. The van der Waals surface area contributed by atoms with Crippen LogP contribution < -0.4 is 5.32 Å². The van der Waals surface area contributed by atoms with Crippen LogP contribution in [-0.2, 0) is 4.74 Å². The molecule has 0 radical (unpaired) electrons. The van der Waals surface area contributed by atoms with Gasteiger partial charge in [0.1, 0.15) is 0 Å². The number of nitrogens with zero attached hydrogens (tertiary/aromatic N) is 1. The summed E-state index contributed by atoms with van der Waals surface area (Å²) >= 11 is 0. The highest BCUT2D eigenvalue weighted by molar-refractivity contribution is 4.80. The quantitative estimate of drug-likeness (QED) is 0.753. The van der Waals surface area contributed by atoms with Crippen molar-refractivity contribution in [2.24, 2.45) is 11.8 Å². The zero-order valence-corrected chi connectivity index (χ0v) is 13.9. The molecule has 0 aromatic rings. The summed E-state index contributed by atoms with van der Waals surface area (Å²) in [7, 11) is 1.64. The van der Waals surface area contributed by atoms with Crippen LogP contribution in [0.1, 0.15) is 45.4 Å². The fourth-order valence-corrected chi connectivity index (χ4v) is 3.73. The van der Waals surface area contributed by atoms with Crippen LogP contribution in [0.2, 0.25) is 0 Å². The second-order valence-electron chi connectivity index (χ2n) is 7.22. The summed E-state index contributed by atoms with van der Waals surface area (Å²) in [6.45, 7) is 6.99. The predicted octanol–water partition coefficient (Wildman–Crippen LogP) is 1.87. The first kappa shape index (κ1) is 17.2. The van der Waals surface area contributed by atoms with Crippen molar-refractivity contribution in [2.45, 2.75) is 57.6 Å². The fraction of sp³-hybridized carbons (Fsp3) is 1.00. The van der Waals surface area contributed by atoms with E-state index in [0.29, 0.717) is 12.6 Å². The molecule has 0 aromatic carbocycles. The molecule has 0 amide bonds. The van der Waals surface area contributed by atoms with Crippen molar-refractivity contribution in [1.29, 1.82) is 0 Å². The maximum Gasteiger partial charge on any atom is 0.0900 e. The maximum absolute atomic E-state index is 9.78. The van der Waals surface area contributed by atoms with Gasteiger partial charge in [-0.2, -0.15) is 0 Å². The molecule has 0 spiro atoms. The lowest BCUT2D eigenvalue weighted by atomic mass is 9.83. The molecule has 0 bridgehead atoms.